The molecule has 13 heavy (non-hydrogen) atoms. The summed E-state index contributed by atoms with van der Waals surface area (Å²) < 4.78 is 0. The van der Waals surface area contributed by atoms with Crippen LogP contribution in [-0.4, -0.2) is 0 Å². The zero-order chi connectivity index (χ0) is 9.94. The van der Waals surface area contributed by atoms with Crippen LogP contribution >= 0.6 is 9.24 Å². The largest absolute Gasteiger partial charge is 0.110 e. The van der Waals surface area contributed by atoms with Crippen LogP contribution in [0.3, 0.4) is 0 Å². The van der Waals surface area contributed by atoms with Crippen molar-refractivity contribution in [3.05, 3.63) is 11.4 Å². The van der Waals surface area contributed by atoms with E-state index in [1.54, 1.807) is 0 Å². The Kier molecular flexibility index (Phi) is 10.4. The van der Waals surface area contributed by atoms with Gasteiger partial charge in [-0.05, 0) is 25.7 Å². The lowest BCUT2D eigenvalue weighted by Gasteiger charge is -2.00. The Hall–Kier alpha value is 0.170. The van der Waals surface area contributed by atoms with Crippen molar-refractivity contribution in [2.75, 3.05) is 0 Å². The Labute approximate surface area is 86.4 Å². The van der Waals surface area contributed by atoms with Gasteiger partial charge >= 0.3 is 0 Å². The monoisotopic (exact) mass is 200 g/mol. The summed E-state index contributed by atoms with van der Waals surface area (Å²) in [6, 6.07) is 0. The molecule has 0 rings (SSSR count). The van der Waals surface area contributed by atoms with Crippen LogP contribution in [0.1, 0.15) is 65.2 Å². The quantitative estimate of drug-likeness (QED) is 0.386. The van der Waals surface area contributed by atoms with Crippen molar-refractivity contribution < 1.29 is 0 Å². The first-order valence-electron chi connectivity index (χ1n) is 5.75. The van der Waals surface area contributed by atoms with Crippen molar-refractivity contribution in [1.82, 2.24) is 0 Å². The summed E-state index contributed by atoms with van der Waals surface area (Å²) in [5, 5.41) is 1.52. The molecule has 1 atom stereocenters. The summed E-state index contributed by atoms with van der Waals surface area (Å²) in [7, 11) is 2.88. The number of hydrogen-bond acceptors (Lipinski definition) is 0. The van der Waals surface area contributed by atoms with Gasteiger partial charge in [0.25, 0.3) is 0 Å². The van der Waals surface area contributed by atoms with E-state index in [4.69, 9.17) is 0 Å². The van der Waals surface area contributed by atoms with Gasteiger partial charge in [0.1, 0.15) is 0 Å². The number of rotatable bonds is 8. The molecule has 0 radical (unpaired) electrons. The molecule has 0 bridgehead atoms. The summed E-state index contributed by atoms with van der Waals surface area (Å²) in [4.78, 5) is 0. The third-order valence-electron chi connectivity index (χ3n) is 2.28. The van der Waals surface area contributed by atoms with E-state index in [-0.39, 0.29) is 0 Å². The maximum atomic E-state index is 2.88. The summed E-state index contributed by atoms with van der Waals surface area (Å²) in [6.45, 7) is 4.51. The van der Waals surface area contributed by atoms with Crippen LogP contribution in [0.15, 0.2) is 11.4 Å². The second-order valence-corrected chi connectivity index (χ2v) is 4.47. The summed E-state index contributed by atoms with van der Waals surface area (Å²) >= 11 is 0. The predicted molar refractivity (Wildman–Crippen MR) is 66.1 cm³/mol. The molecule has 0 aliphatic heterocycles. The fourth-order valence-corrected chi connectivity index (χ4v) is 1.73. The van der Waals surface area contributed by atoms with Crippen molar-refractivity contribution >= 4 is 9.24 Å². The van der Waals surface area contributed by atoms with Gasteiger partial charge < -0.3 is 0 Å². The van der Waals surface area contributed by atoms with E-state index in [9.17, 15) is 0 Å². The second kappa shape index (κ2) is 10.3. The Morgan fingerprint density at radius 2 is 1.62 bits per heavy atom. The van der Waals surface area contributed by atoms with Crippen LogP contribution in [0.4, 0.5) is 0 Å². The molecule has 0 fully saturated rings. The smallest absolute Gasteiger partial charge is 0.0283 e. The van der Waals surface area contributed by atoms with Gasteiger partial charge in [-0.3, -0.25) is 0 Å². The van der Waals surface area contributed by atoms with Crippen LogP contribution in [0.2, 0.25) is 0 Å². The summed E-state index contributed by atoms with van der Waals surface area (Å²) in [5.41, 5.74) is 0. The zero-order valence-electron chi connectivity index (χ0n) is 9.31. The molecule has 0 spiro atoms. The third kappa shape index (κ3) is 10.1. The molecule has 0 aromatic heterocycles. The first-order chi connectivity index (χ1) is 6.31. The molecule has 0 saturated heterocycles. The normalized spacial score (nSPS) is 12.1. The molecule has 1 unspecified atom stereocenters. The zero-order valence-corrected chi connectivity index (χ0v) is 10.5. The Bertz CT molecular complexity index is 127. The van der Waals surface area contributed by atoms with Crippen molar-refractivity contribution in [2.24, 2.45) is 0 Å². The topological polar surface area (TPSA) is 0 Å². The van der Waals surface area contributed by atoms with E-state index in [0.717, 1.165) is 0 Å². The van der Waals surface area contributed by atoms with Crippen LogP contribution in [0.5, 0.6) is 0 Å². The average Bonchev–Trinajstić information content (AvgIpc) is 2.13. The first-order valence-corrected chi connectivity index (χ1v) is 6.33. The minimum Gasteiger partial charge on any atom is -0.110 e. The Balaban J connectivity index is 3.29. The molecule has 0 nitrogen and oxygen atoms in total. The highest BCUT2D eigenvalue weighted by Crippen LogP contribution is 2.17. The molecule has 0 aliphatic carbocycles. The van der Waals surface area contributed by atoms with Crippen molar-refractivity contribution in [3.8, 4) is 0 Å². The lowest BCUT2D eigenvalue weighted by Crippen LogP contribution is -1.77. The maximum absolute atomic E-state index is 2.88. The fraction of sp³-hybridized carbons (Fsp3) is 0.833. The summed E-state index contributed by atoms with van der Waals surface area (Å²) in [6.07, 6.45) is 13.1. The lowest BCUT2D eigenvalue weighted by atomic mass is 10.1. The fourth-order valence-electron chi connectivity index (χ4n) is 1.36. The highest BCUT2D eigenvalue weighted by atomic mass is 31.0. The minimum atomic E-state index is 1.28. The van der Waals surface area contributed by atoms with Gasteiger partial charge in [-0.2, -0.15) is 0 Å². The van der Waals surface area contributed by atoms with Gasteiger partial charge in [0.15, 0.2) is 0 Å². The van der Waals surface area contributed by atoms with Gasteiger partial charge in [0.2, 0.25) is 0 Å². The molecule has 0 heterocycles. The van der Waals surface area contributed by atoms with E-state index in [1.807, 2.05) is 0 Å². The van der Waals surface area contributed by atoms with Crippen LogP contribution in [-0.2, 0) is 0 Å². The lowest BCUT2D eigenvalue weighted by molar-refractivity contribution is 0.712. The first kappa shape index (κ1) is 13.2. The minimum absolute atomic E-state index is 1.28. The maximum Gasteiger partial charge on any atom is -0.0283 e. The SMILES string of the molecule is CCCCCC=C(P)CCCCC. The Morgan fingerprint density at radius 3 is 2.23 bits per heavy atom. The van der Waals surface area contributed by atoms with Crippen molar-refractivity contribution in [3.63, 3.8) is 0 Å². The van der Waals surface area contributed by atoms with Crippen LogP contribution < -0.4 is 0 Å². The van der Waals surface area contributed by atoms with Gasteiger partial charge in [0.05, 0.1) is 0 Å². The average molecular weight is 200 g/mol. The molecule has 0 N–H and O–H groups in total. The molecule has 0 aromatic carbocycles. The molecule has 78 valence electrons. The third-order valence-corrected chi connectivity index (χ3v) is 2.81. The van der Waals surface area contributed by atoms with Gasteiger partial charge in [0, 0.05) is 0 Å². The van der Waals surface area contributed by atoms with Gasteiger partial charge in [-0.15, -0.1) is 9.24 Å². The number of allylic oxidation sites excluding steroid dienone is 2. The van der Waals surface area contributed by atoms with Gasteiger partial charge in [-0.25, -0.2) is 0 Å². The second-order valence-electron chi connectivity index (χ2n) is 3.73. The molecule has 0 amide bonds. The van der Waals surface area contributed by atoms with E-state index < -0.39 is 0 Å². The molecular weight excluding hydrogens is 175 g/mol. The van der Waals surface area contributed by atoms with Crippen molar-refractivity contribution in [1.29, 1.82) is 0 Å². The van der Waals surface area contributed by atoms with Crippen LogP contribution in [0.25, 0.3) is 0 Å². The molecule has 1 heteroatoms. The molecular formula is C12H25P. The molecule has 0 saturated carbocycles. The standard InChI is InChI=1S/C12H25P/c1-3-5-7-9-11-12(13)10-8-6-4-2/h11H,3-10,13H2,1-2H3. The molecule has 0 aliphatic rings. The highest BCUT2D eigenvalue weighted by molar-refractivity contribution is 7.22. The van der Waals surface area contributed by atoms with E-state index in [1.165, 1.54) is 56.7 Å². The van der Waals surface area contributed by atoms with E-state index >= 15 is 0 Å². The predicted octanol–water partition coefficient (Wildman–Crippen LogP) is 4.91. The number of hydrogen-bond donors (Lipinski definition) is 0. The molecule has 0 aromatic rings. The highest BCUT2D eigenvalue weighted by Gasteiger charge is 1.90. The summed E-state index contributed by atoms with van der Waals surface area (Å²) in [5.74, 6) is 0. The van der Waals surface area contributed by atoms with E-state index in [2.05, 4.69) is 29.2 Å². The van der Waals surface area contributed by atoms with E-state index in [0.29, 0.717) is 0 Å². The Morgan fingerprint density at radius 1 is 1.00 bits per heavy atom. The number of unbranched alkanes of at least 4 members (excludes halogenated alkanes) is 5. The van der Waals surface area contributed by atoms with Crippen LogP contribution in [0, 0.1) is 0 Å². The van der Waals surface area contributed by atoms with Gasteiger partial charge in [-0.1, -0.05) is 50.9 Å². The van der Waals surface area contributed by atoms with Crippen molar-refractivity contribution in [2.45, 2.75) is 65.2 Å².